The van der Waals surface area contributed by atoms with Crippen LogP contribution in [0.5, 0.6) is 0 Å². The highest BCUT2D eigenvalue weighted by Crippen LogP contribution is 2.21. The summed E-state index contributed by atoms with van der Waals surface area (Å²) in [5.74, 6) is -1.13. The Hall–Kier alpha value is -1.71. The molecule has 0 aliphatic heterocycles. The minimum absolute atomic E-state index is 0.00407. The standard InChI is InChI=1S/C12H15N3O4S2/c1-8-9(7-13-15-8)3-2-6-14-21(18,19)11-5-4-10(20-11)12(16)17/h4-5,7,14H,2-3,6H2,1H3,(H,13,15)(H,16,17). The second-order valence-electron chi connectivity index (χ2n) is 4.45. The molecule has 0 aliphatic rings. The summed E-state index contributed by atoms with van der Waals surface area (Å²) < 4.78 is 26.5. The van der Waals surface area contributed by atoms with Crippen LogP contribution in [0.25, 0.3) is 0 Å². The number of carboxylic acids is 1. The molecule has 0 amide bonds. The van der Waals surface area contributed by atoms with Crippen LogP contribution >= 0.6 is 11.3 Å². The maximum Gasteiger partial charge on any atom is 0.345 e. The van der Waals surface area contributed by atoms with Crippen LogP contribution in [-0.2, 0) is 16.4 Å². The number of rotatable bonds is 7. The zero-order chi connectivity index (χ0) is 15.5. The predicted molar refractivity (Wildman–Crippen MR) is 78.1 cm³/mol. The largest absolute Gasteiger partial charge is 0.477 e. The van der Waals surface area contributed by atoms with E-state index in [1.165, 1.54) is 12.1 Å². The van der Waals surface area contributed by atoms with E-state index in [4.69, 9.17) is 5.11 Å². The van der Waals surface area contributed by atoms with Crippen LogP contribution in [0.1, 0.15) is 27.3 Å². The lowest BCUT2D eigenvalue weighted by Gasteiger charge is -2.04. The van der Waals surface area contributed by atoms with Gasteiger partial charge >= 0.3 is 5.97 Å². The molecule has 0 unspecified atom stereocenters. The Labute approximate surface area is 126 Å². The van der Waals surface area contributed by atoms with E-state index >= 15 is 0 Å². The first-order chi connectivity index (χ1) is 9.90. The first-order valence-electron chi connectivity index (χ1n) is 6.22. The number of aryl methyl sites for hydroxylation is 2. The Morgan fingerprint density at radius 2 is 2.24 bits per heavy atom. The fraction of sp³-hybridized carbons (Fsp3) is 0.333. The van der Waals surface area contributed by atoms with E-state index in [1.54, 1.807) is 6.20 Å². The molecule has 2 rings (SSSR count). The number of sulfonamides is 1. The van der Waals surface area contributed by atoms with Crippen LogP contribution in [0.4, 0.5) is 0 Å². The molecule has 7 nitrogen and oxygen atoms in total. The molecule has 0 radical (unpaired) electrons. The van der Waals surface area contributed by atoms with Crippen molar-refractivity contribution in [3.8, 4) is 0 Å². The number of carbonyl (C=O) groups is 1. The van der Waals surface area contributed by atoms with E-state index in [2.05, 4.69) is 14.9 Å². The molecule has 0 atom stereocenters. The molecule has 114 valence electrons. The molecular formula is C12H15N3O4S2. The first-order valence-corrected chi connectivity index (χ1v) is 8.52. The number of thiophene rings is 1. The monoisotopic (exact) mass is 329 g/mol. The molecule has 0 spiro atoms. The van der Waals surface area contributed by atoms with Crippen molar-refractivity contribution in [1.29, 1.82) is 0 Å². The smallest absolute Gasteiger partial charge is 0.345 e. The molecule has 0 aromatic carbocycles. The van der Waals surface area contributed by atoms with Crippen molar-refractivity contribution in [2.45, 2.75) is 24.0 Å². The van der Waals surface area contributed by atoms with Gasteiger partial charge in [-0.1, -0.05) is 0 Å². The quantitative estimate of drug-likeness (QED) is 0.665. The summed E-state index contributed by atoms with van der Waals surface area (Å²) in [6.07, 6.45) is 3.08. The number of nitrogens with one attached hydrogen (secondary N) is 2. The van der Waals surface area contributed by atoms with Crippen molar-refractivity contribution in [3.63, 3.8) is 0 Å². The lowest BCUT2D eigenvalue weighted by Crippen LogP contribution is -2.24. The Bertz CT molecular complexity index is 733. The van der Waals surface area contributed by atoms with Crippen molar-refractivity contribution in [3.05, 3.63) is 34.5 Å². The van der Waals surface area contributed by atoms with Gasteiger partial charge < -0.3 is 5.11 Å². The summed E-state index contributed by atoms with van der Waals surface area (Å²) in [4.78, 5) is 10.8. The highest BCUT2D eigenvalue weighted by Gasteiger charge is 2.18. The van der Waals surface area contributed by atoms with E-state index < -0.39 is 16.0 Å². The molecule has 0 fully saturated rings. The Balaban J connectivity index is 1.89. The van der Waals surface area contributed by atoms with Crippen LogP contribution in [0.3, 0.4) is 0 Å². The number of hydrogen-bond donors (Lipinski definition) is 3. The number of H-pyrrole nitrogens is 1. The van der Waals surface area contributed by atoms with Gasteiger partial charge in [0.05, 0.1) is 6.20 Å². The van der Waals surface area contributed by atoms with Crippen molar-refractivity contribution in [1.82, 2.24) is 14.9 Å². The molecule has 2 heterocycles. The molecule has 0 bridgehead atoms. The third kappa shape index (κ3) is 3.90. The SMILES string of the molecule is Cc1[nH]ncc1CCCNS(=O)(=O)c1ccc(C(=O)O)s1. The van der Waals surface area contributed by atoms with E-state index in [-0.39, 0.29) is 15.6 Å². The minimum Gasteiger partial charge on any atom is -0.477 e. The van der Waals surface area contributed by atoms with Crippen LogP contribution < -0.4 is 4.72 Å². The summed E-state index contributed by atoms with van der Waals surface area (Å²) in [6, 6.07) is 2.59. The Morgan fingerprint density at radius 1 is 1.48 bits per heavy atom. The molecule has 0 aliphatic carbocycles. The zero-order valence-electron chi connectivity index (χ0n) is 11.3. The topological polar surface area (TPSA) is 112 Å². The van der Waals surface area contributed by atoms with Crippen molar-refractivity contribution in [2.24, 2.45) is 0 Å². The lowest BCUT2D eigenvalue weighted by molar-refractivity contribution is 0.0702. The number of hydrogen-bond acceptors (Lipinski definition) is 5. The lowest BCUT2D eigenvalue weighted by atomic mass is 10.1. The number of nitrogens with zero attached hydrogens (tertiary/aromatic N) is 1. The number of aromatic amines is 1. The number of aromatic carboxylic acids is 1. The van der Waals surface area contributed by atoms with Gasteiger partial charge in [0.25, 0.3) is 0 Å². The van der Waals surface area contributed by atoms with Crippen molar-refractivity contribution < 1.29 is 18.3 Å². The summed E-state index contributed by atoms with van der Waals surface area (Å²) >= 11 is 0.741. The number of aromatic nitrogens is 2. The first kappa shape index (κ1) is 15.7. The second-order valence-corrected chi connectivity index (χ2v) is 7.52. The maximum atomic E-state index is 12.0. The minimum atomic E-state index is -3.64. The molecule has 9 heteroatoms. The molecular weight excluding hydrogens is 314 g/mol. The summed E-state index contributed by atoms with van der Waals surface area (Å²) in [7, 11) is -3.64. The highest BCUT2D eigenvalue weighted by atomic mass is 32.2. The third-order valence-corrected chi connectivity index (χ3v) is 5.93. The molecule has 0 saturated carbocycles. The second kappa shape index (κ2) is 6.37. The normalized spacial score (nSPS) is 11.7. The number of carboxylic acid groups (broad SMARTS) is 1. The summed E-state index contributed by atoms with van der Waals surface area (Å²) in [5.41, 5.74) is 2.03. The Morgan fingerprint density at radius 3 is 2.81 bits per heavy atom. The average molecular weight is 329 g/mol. The van der Waals surface area contributed by atoms with Gasteiger partial charge in [0.15, 0.2) is 0 Å². The predicted octanol–water partition coefficient (Wildman–Crippen LogP) is 1.39. The van der Waals surface area contributed by atoms with E-state index in [0.29, 0.717) is 6.42 Å². The van der Waals surface area contributed by atoms with E-state index in [1.807, 2.05) is 6.92 Å². The fourth-order valence-electron chi connectivity index (χ4n) is 1.76. The molecule has 2 aromatic heterocycles. The van der Waals surface area contributed by atoms with Gasteiger partial charge in [-0.2, -0.15) is 5.10 Å². The molecule has 21 heavy (non-hydrogen) atoms. The van der Waals surface area contributed by atoms with E-state index in [9.17, 15) is 13.2 Å². The van der Waals surface area contributed by atoms with Gasteiger partial charge in [0.1, 0.15) is 9.09 Å². The Kier molecular flexibility index (Phi) is 4.76. The van der Waals surface area contributed by atoms with Gasteiger partial charge in [-0.05, 0) is 37.5 Å². The maximum absolute atomic E-state index is 12.0. The fourth-order valence-corrected chi connectivity index (χ4v) is 4.03. The van der Waals surface area contributed by atoms with Gasteiger partial charge in [-0.25, -0.2) is 17.9 Å². The van der Waals surface area contributed by atoms with Crippen LogP contribution in [-0.4, -0.2) is 36.2 Å². The van der Waals surface area contributed by atoms with Crippen molar-refractivity contribution >= 4 is 27.3 Å². The molecule has 2 aromatic rings. The third-order valence-electron chi connectivity index (χ3n) is 2.91. The molecule has 0 saturated heterocycles. The summed E-state index contributed by atoms with van der Waals surface area (Å²) in [5, 5.41) is 15.5. The van der Waals surface area contributed by atoms with Gasteiger partial charge in [0.2, 0.25) is 10.0 Å². The van der Waals surface area contributed by atoms with E-state index in [0.717, 1.165) is 29.0 Å². The average Bonchev–Trinajstić information content (AvgIpc) is 3.04. The van der Waals surface area contributed by atoms with Crippen molar-refractivity contribution in [2.75, 3.05) is 6.54 Å². The van der Waals surface area contributed by atoms with Crippen LogP contribution in [0, 0.1) is 6.92 Å². The summed E-state index contributed by atoms with van der Waals surface area (Å²) in [6.45, 7) is 2.19. The zero-order valence-corrected chi connectivity index (χ0v) is 12.9. The molecule has 3 N–H and O–H groups in total. The van der Waals surface area contributed by atoms with Gasteiger partial charge in [-0.15, -0.1) is 11.3 Å². The highest BCUT2D eigenvalue weighted by molar-refractivity contribution is 7.91. The van der Waals surface area contributed by atoms with Crippen LogP contribution in [0.15, 0.2) is 22.5 Å². The van der Waals surface area contributed by atoms with Gasteiger partial charge in [0, 0.05) is 12.2 Å². The van der Waals surface area contributed by atoms with Gasteiger partial charge in [-0.3, -0.25) is 5.10 Å². The van der Waals surface area contributed by atoms with Crippen LogP contribution in [0.2, 0.25) is 0 Å².